The van der Waals surface area contributed by atoms with Crippen LogP contribution in [0.2, 0.25) is 10.0 Å². The minimum atomic E-state index is -3.98. The Morgan fingerprint density at radius 1 is 1.10 bits per heavy atom. The Morgan fingerprint density at radius 3 is 2.33 bits per heavy atom. The summed E-state index contributed by atoms with van der Waals surface area (Å²) in [6.45, 7) is 3.39. The molecule has 8 nitrogen and oxygen atoms in total. The van der Waals surface area contributed by atoms with Gasteiger partial charge in [-0.2, -0.15) is 5.26 Å². The van der Waals surface area contributed by atoms with Crippen molar-refractivity contribution >= 4 is 45.1 Å². The van der Waals surface area contributed by atoms with E-state index in [4.69, 9.17) is 28.5 Å². The molecule has 1 saturated heterocycles. The number of hydrogen-bond acceptors (Lipinski definition) is 5. The first kappa shape index (κ1) is 31.5. The molecule has 0 bridgehead atoms. The Balaban J connectivity index is 1.80. The fourth-order valence-corrected chi connectivity index (χ4v) is 7.12. The van der Waals surface area contributed by atoms with Crippen LogP contribution in [0, 0.1) is 16.7 Å². The summed E-state index contributed by atoms with van der Waals surface area (Å²) in [6, 6.07) is 20.7. The lowest BCUT2D eigenvalue weighted by Gasteiger charge is -2.52. The number of carbonyl (C=O) groups excluding carboxylic acids is 1. The molecule has 42 heavy (non-hydrogen) atoms. The van der Waals surface area contributed by atoms with Crippen molar-refractivity contribution in [3.8, 4) is 6.07 Å². The van der Waals surface area contributed by atoms with E-state index in [1.165, 1.54) is 24.3 Å². The number of nitriles is 1. The van der Waals surface area contributed by atoms with E-state index in [0.29, 0.717) is 22.0 Å². The van der Waals surface area contributed by atoms with Gasteiger partial charge in [-0.3, -0.25) is 9.59 Å². The average Bonchev–Trinajstić information content (AvgIpc) is 2.95. The van der Waals surface area contributed by atoms with Gasteiger partial charge in [0.1, 0.15) is 0 Å². The van der Waals surface area contributed by atoms with Gasteiger partial charge in [0.25, 0.3) is 0 Å². The maximum Gasteiger partial charge on any atom is 0.304 e. The van der Waals surface area contributed by atoms with E-state index in [1.807, 2.05) is 43.3 Å². The largest absolute Gasteiger partial charge is 0.481 e. The number of hydrogen-bond donors (Lipinski definition) is 2. The summed E-state index contributed by atoms with van der Waals surface area (Å²) < 4.78 is 29.0. The maximum absolute atomic E-state index is 14.3. The number of halogens is 2. The number of likely N-dealkylation sites (tertiary alicyclic amines) is 1. The van der Waals surface area contributed by atoms with Crippen molar-refractivity contribution in [2.45, 2.75) is 56.0 Å². The molecule has 3 aromatic rings. The molecule has 4 unspecified atom stereocenters. The second-order valence-corrected chi connectivity index (χ2v) is 13.4. The molecule has 1 amide bonds. The Kier molecular flexibility index (Phi) is 9.63. The van der Waals surface area contributed by atoms with Crippen molar-refractivity contribution in [3.05, 3.63) is 99.5 Å². The Bertz CT molecular complexity index is 1610. The van der Waals surface area contributed by atoms with Gasteiger partial charge in [0.15, 0.2) is 0 Å². The number of rotatable bonds is 10. The lowest BCUT2D eigenvalue weighted by molar-refractivity contribution is -0.160. The van der Waals surface area contributed by atoms with Crippen LogP contribution in [0.15, 0.2) is 77.7 Å². The van der Waals surface area contributed by atoms with Crippen LogP contribution in [-0.4, -0.2) is 42.9 Å². The zero-order chi connectivity index (χ0) is 30.7. The molecule has 0 spiro atoms. The molecule has 1 fully saturated rings. The van der Waals surface area contributed by atoms with E-state index in [1.54, 1.807) is 30.0 Å². The standard InChI is InChI=1S/C31H31Cl2N3O5S/c1-3-25(19-35-42(40,41)26-13-7-20(18-34)8-14-26)36-29(21-9-11-23(32)12-10-21)27(22-5-4-6-24(33)15-22)16-31(2,30(36)39)17-28(37)38/h4-15,25,27,29,35H,3,16-17,19H2,1-2H3,(H,37,38). The molecule has 11 heteroatoms. The van der Waals surface area contributed by atoms with E-state index in [2.05, 4.69) is 4.72 Å². The van der Waals surface area contributed by atoms with Crippen molar-refractivity contribution in [2.24, 2.45) is 5.41 Å². The summed E-state index contributed by atoms with van der Waals surface area (Å²) in [5.74, 6) is -1.82. The fourth-order valence-electron chi connectivity index (χ4n) is 5.72. The first-order valence-corrected chi connectivity index (χ1v) is 15.7. The van der Waals surface area contributed by atoms with Gasteiger partial charge >= 0.3 is 5.97 Å². The smallest absolute Gasteiger partial charge is 0.304 e. The van der Waals surface area contributed by atoms with Crippen molar-refractivity contribution in [1.29, 1.82) is 5.26 Å². The van der Waals surface area contributed by atoms with Gasteiger partial charge in [0.05, 0.1) is 34.4 Å². The van der Waals surface area contributed by atoms with Gasteiger partial charge in [-0.1, -0.05) is 61.3 Å². The molecular formula is C31H31Cl2N3O5S. The average molecular weight is 629 g/mol. The minimum Gasteiger partial charge on any atom is -0.481 e. The number of nitrogens with zero attached hydrogens (tertiary/aromatic N) is 2. The van der Waals surface area contributed by atoms with Crippen LogP contribution in [0.5, 0.6) is 0 Å². The van der Waals surface area contributed by atoms with Crippen LogP contribution in [-0.2, 0) is 19.6 Å². The SMILES string of the molecule is CCC(CNS(=O)(=O)c1ccc(C#N)cc1)N1C(=O)C(C)(CC(=O)O)CC(c2cccc(Cl)c2)C1c1ccc(Cl)cc1. The maximum atomic E-state index is 14.3. The number of sulfonamides is 1. The second-order valence-electron chi connectivity index (χ2n) is 10.8. The van der Waals surface area contributed by atoms with Crippen molar-refractivity contribution in [1.82, 2.24) is 9.62 Å². The van der Waals surface area contributed by atoms with Gasteiger partial charge in [0.2, 0.25) is 15.9 Å². The number of carboxylic acid groups (broad SMARTS) is 1. The topological polar surface area (TPSA) is 128 Å². The van der Waals surface area contributed by atoms with Crippen molar-refractivity contribution in [3.63, 3.8) is 0 Å². The van der Waals surface area contributed by atoms with Crippen LogP contribution < -0.4 is 4.72 Å². The Morgan fingerprint density at radius 2 is 1.76 bits per heavy atom. The van der Waals surface area contributed by atoms with Crippen LogP contribution in [0.1, 0.15) is 61.8 Å². The first-order chi connectivity index (χ1) is 19.9. The van der Waals surface area contributed by atoms with Crippen LogP contribution in [0.3, 0.4) is 0 Å². The third kappa shape index (κ3) is 6.79. The third-order valence-corrected chi connectivity index (χ3v) is 9.73. The number of benzene rings is 3. The van der Waals surface area contributed by atoms with Crippen molar-refractivity contribution < 1.29 is 23.1 Å². The summed E-state index contributed by atoms with van der Waals surface area (Å²) >= 11 is 12.6. The van der Waals surface area contributed by atoms with E-state index in [0.717, 1.165) is 11.1 Å². The molecule has 0 radical (unpaired) electrons. The van der Waals surface area contributed by atoms with E-state index in [-0.39, 0.29) is 36.1 Å². The minimum absolute atomic E-state index is 0.0110. The molecule has 0 aromatic heterocycles. The zero-order valence-electron chi connectivity index (χ0n) is 23.1. The highest BCUT2D eigenvalue weighted by atomic mass is 35.5. The number of carbonyl (C=O) groups is 2. The van der Waals surface area contributed by atoms with Gasteiger partial charge in [-0.05, 0) is 72.5 Å². The summed E-state index contributed by atoms with van der Waals surface area (Å²) in [5, 5.41) is 19.9. The number of piperidine rings is 1. The Labute approximate surface area is 255 Å². The molecule has 3 aromatic carbocycles. The number of carboxylic acids is 1. The number of amides is 1. The number of nitrogens with one attached hydrogen (secondary N) is 1. The van der Waals surface area contributed by atoms with E-state index >= 15 is 0 Å². The lowest BCUT2D eigenvalue weighted by Crippen LogP contribution is -2.58. The highest BCUT2D eigenvalue weighted by Gasteiger charge is 2.52. The van der Waals surface area contributed by atoms with Gasteiger partial charge < -0.3 is 10.0 Å². The van der Waals surface area contributed by atoms with Crippen LogP contribution in [0.4, 0.5) is 0 Å². The number of aliphatic carboxylic acids is 1. The predicted molar refractivity (Wildman–Crippen MR) is 161 cm³/mol. The second kappa shape index (κ2) is 12.8. The molecule has 4 rings (SSSR count). The molecule has 0 saturated carbocycles. The molecule has 1 heterocycles. The molecular weight excluding hydrogens is 597 g/mol. The molecule has 0 aliphatic carbocycles. The van der Waals surface area contributed by atoms with Gasteiger partial charge in [0, 0.05) is 28.5 Å². The normalized spacial score (nSPS) is 21.5. The van der Waals surface area contributed by atoms with Crippen molar-refractivity contribution in [2.75, 3.05) is 6.54 Å². The van der Waals surface area contributed by atoms with E-state index < -0.39 is 33.5 Å². The highest BCUT2D eigenvalue weighted by Crippen LogP contribution is 2.52. The predicted octanol–water partition coefficient (Wildman–Crippen LogP) is 6.16. The lowest BCUT2D eigenvalue weighted by atomic mass is 9.67. The molecule has 1 aliphatic heterocycles. The zero-order valence-corrected chi connectivity index (χ0v) is 25.5. The molecule has 1 aliphatic rings. The molecule has 220 valence electrons. The van der Waals surface area contributed by atoms with Crippen LogP contribution >= 0.6 is 23.2 Å². The van der Waals surface area contributed by atoms with E-state index in [9.17, 15) is 23.1 Å². The quantitative estimate of drug-likeness (QED) is 0.277. The molecule has 2 N–H and O–H groups in total. The first-order valence-electron chi connectivity index (χ1n) is 13.4. The molecule has 4 atom stereocenters. The third-order valence-electron chi connectivity index (χ3n) is 7.80. The summed E-state index contributed by atoms with van der Waals surface area (Å²) in [4.78, 5) is 28.0. The van der Waals surface area contributed by atoms with Crippen LogP contribution in [0.25, 0.3) is 0 Å². The fraction of sp³-hybridized carbons (Fsp3) is 0.323. The summed E-state index contributed by atoms with van der Waals surface area (Å²) in [7, 11) is -3.98. The van der Waals surface area contributed by atoms with Gasteiger partial charge in [-0.25, -0.2) is 13.1 Å². The highest BCUT2D eigenvalue weighted by molar-refractivity contribution is 7.89. The summed E-state index contributed by atoms with van der Waals surface area (Å²) in [6.07, 6.45) is 0.243. The monoisotopic (exact) mass is 627 g/mol. The van der Waals surface area contributed by atoms with Gasteiger partial charge in [-0.15, -0.1) is 0 Å². The Hall–Kier alpha value is -3.42. The summed E-state index contributed by atoms with van der Waals surface area (Å²) in [5.41, 5.74) is 0.684.